The molecule has 0 unspecified atom stereocenters. The molecule has 30 heavy (non-hydrogen) atoms. The monoisotopic (exact) mass is 468 g/mol. The van der Waals surface area contributed by atoms with Crippen molar-refractivity contribution >= 4 is 39.0 Å². The number of fused-ring (bicyclic) bond motifs is 1. The van der Waals surface area contributed by atoms with E-state index in [1.54, 1.807) is 6.21 Å². The SMILES string of the molecule is Cc1c(/C=N/NC(=O)CN2CCOCC2)c2ccccc2n1Cc1ccc(Br)cc1. The molecule has 0 saturated carbocycles. The maximum atomic E-state index is 12.2. The Morgan fingerprint density at radius 2 is 1.90 bits per heavy atom. The lowest BCUT2D eigenvalue weighted by molar-refractivity contribution is -0.123. The number of carbonyl (C=O) groups is 1. The van der Waals surface area contributed by atoms with Crippen molar-refractivity contribution in [1.29, 1.82) is 0 Å². The zero-order chi connectivity index (χ0) is 20.9. The number of aromatic nitrogens is 1. The molecule has 7 heteroatoms. The molecule has 0 bridgehead atoms. The first-order chi connectivity index (χ1) is 14.6. The van der Waals surface area contributed by atoms with E-state index in [4.69, 9.17) is 4.74 Å². The summed E-state index contributed by atoms with van der Waals surface area (Å²) in [6.45, 7) is 6.11. The highest BCUT2D eigenvalue weighted by molar-refractivity contribution is 9.10. The van der Waals surface area contributed by atoms with Crippen LogP contribution in [-0.4, -0.2) is 54.4 Å². The van der Waals surface area contributed by atoms with E-state index >= 15 is 0 Å². The minimum Gasteiger partial charge on any atom is -0.379 e. The number of carbonyl (C=O) groups excluding carboxylic acids is 1. The van der Waals surface area contributed by atoms with E-state index in [1.165, 1.54) is 5.56 Å². The number of hydrazone groups is 1. The van der Waals surface area contributed by atoms with Crippen LogP contribution in [0.15, 0.2) is 58.1 Å². The van der Waals surface area contributed by atoms with Crippen LogP contribution in [0.4, 0.5) is 0 Å². The number of rotatable bonds is 6. The van der Waals surface area contributed by atoms with Crippen LogP contribution < -0.4 is 5.43 Å². The summed E-state index contributed by atoms with van der Waals surface area (Å²) in [4.78, 5) is 14.3. The highest BCUT2D eigenvalue weighted by Gasteiger charge is 2.15. The molecule has 1 N–H and O–H groups in total. The fraction of sp³-hybridized carbons (Fsp3) is 0.304. The highest BCUT2D eigenvalue weighted by atomic mass is 79.9. The molecule has 4 rings (SSSR count). The number of morpholine rings is 1. The number of nitrogens with one attached hydrogen (secondary N) is 1. The number of hydrogen-bond donors (Lipinski definition) is 1. The van der Waals surface area contributed by atoms with Gasteiger partial charge in [-0.3, -0.25) is 9.69 Å². The van der Waals surface area contributed by atoms with Gasteiger partial charge in [0.15, 0.2) is 0 Å². The van der Waals surface area contributed by atoms with Gasteiger partial charge in [0.05, 0.1) is 26.0 Å². The highest BCUT2D eigenvalue weighted by Crippen LogP contribution is 2.26. The molecule has 0 radical (unpaired) electrons. The Hall–Kier alpha value is -2.48. The van der Waals surface area contributed by atoms with E-state index in [0.717, 1.165) is 46.3 Å². The molecular weight excluding hydrogens is 444 g/mol. The number of halogens is 1. The first-order valence-electron chi connectivity index (χ1n) is 10.1. The molecule has 1 aliphatic rings. The third-order valence-corrected chi connectivity index (χ3v) is 5.92. The van der Waals surface area contributed by atoms with Gasteiger partial charge in [-0.05, 0) is 30.7 Å². The molecular formula is C23H25BrN4O2. The van der Waals surface area contributed by atoms with E-state index in [9.17, 15) is 4.79 Å². The lowest BCUT2D eigenvalue weighted by Gasteiger charge is -2.25. The van der Waals surface area contributed by atoms with E-state index in [1.807, 2.05) is 12.1 Å². The normalized spacial score (nSPS) is 15.1. The quantitative estimate of drug-likeness (QED) is 0.444. The zero-order valence-electron chi connectivity index (χ0n) is 17.0. The van der Waals surface area contributed by atoms with Gasteiger partial charge in [-0.15, -0.1) is 0 Å². The van der Waals surface area contributed by atoms with Crippen molar-refractivity contribution in [2.45, 2.75) is 13.5 Å². The summed E-state index contributed by atoms with van der Waals surface area (Å²) in [5.74, 6) is -0.107. The van der Waals surface area contributed by atoms with Crippen LogP contribution in [0.5, 0.6) is 0 Å². The van der Waals surface area contributed by atoms with Gasteiger partial charge in [-0.1, -0.05) is 46.3 Å². The van der Waals surface area contributed by atoms with Gasteiger partial charge in [-0.2, -0.15) is 5.10 Å². The molecule has 0 atom stereocenters. The molecule has 1 aliphatic heterocycles. The standard InChI is InChI=1S/C23H25BrN4O2/c1-17-21(14-25-26-23(29)16-27-10-12-30-13-11-27)20-4-2-3-5-22(20)28(17)15-18-6-8-19(24)9-7-18/h2-9,14H,10-13,15-16H2,1H3,(H,26,29)/b25-14+. The molecule has 156 valence electrons. The molecule has 0 spiro atoms. The van der Waals surface area contributed by atoms with Crippen LogP contribution >= 0.6 is 15.9 Å². The number of para-hydroxylation sites is 1. The van der Waals surface area contributed by atoms with Gasteiger partial charge < -0.3 is 9.30 Å². The summed E-state index contributed by atoms with van der Waals surface area (Å²) < 4.78 is 8.67. The second-order valence-corrected chi connectivity index (χ2v) is 8.33. The summed E-state index contributed by atoms with van der Waals surface area (Å²) in [7, 11) is 0. The predicted molar refractivity (Wildman–Crippen MR) is 123 cm³/mol. The molecule has 6 nitrogen and oxygen atoms in total. The number of hydrogen-bond acceptors (Lipinski definition) is 4. The van der Waals surface area contributed by atoms with Crippen molar-refractivity contribution in [3.8, 4) is 0 Å². The van der Waals surface area contributed by atoms with Gasteiger partial charge in [-0.25, -0.2) is 5.43 Å². The Balaban J connectivity index is 1.52. The van der Waals surface area contributed by atoms with Gasteiger partial charge in [0.25, 0.3) is 5.91 Å². The maximum Gasteiger partial charge on any atom is 0.254 e. The van der Waals surface area contributed by atoms with E-state index in [0.29, 0.717) is 19.8 Å². The summed E-state index contributed by atoms with van der Waals surface area (Å²) in [5, 5.41) is 5.37. The van der Waals surface area contributed by atoms with Crippen molar-refractivity contribution in [3.63, 3.8) is 0 Å². The minimum atomic E-state index is -0.107. The van der Waals surface area contributed by atoms with Gasteiger partial charge in [0.2, 0.25) is 0 Å². The van der Waals surface area contributed by atoms with Crippen LogP contribution in [-0.2, 0) is 16.1 Å². The van der Waals surface area contributed by atoms with Gasteiger partial charge in [0.1, 0.15) is 0 Å². The van der Waals surface area contributed by atoms with Crippen LogP contribution in [0.3, 0.4) is 0 Å². The van der Waals surface area contributed by atoms with Crippen LogP contribution in [0.1, 0.15) is 16.8 Å². The lowest BCUT2D eigenvalue weighted by Crippen LogP contribution is -2.42. The molecule has 0 aliphatic carbocycles. The zero-order valence-corrected chi connectivity index (χ0v) is 18.6. The Labute approximate surface area is 184 Å². The first-order valence-corrected chi connectivity index (χ1v) is 10.9. The van der Waals surface area contributed by atoms with Crippen molar-refractivity contribution in [1.82, 2.24) is 14.9 Å². The summed E-state index contributed by atoms with van der Waals surface area (Å²) >= 11 is 3.49. The second-order valence-electron chi connectivity index (χ2n) is 7.41. The van der Waals surface area contributed by atoms with Crippen molar-refractivity contribution in [2.75, 3.05) is 32.8 Å². The number of benzene rings is 2. The topological polar surface area (TPSA) is 58.9 Å². The predicted octanol–water partition coefficient (Wildman–Crippen LogP) is 3.54. The maximum absolute atomic E-state index is 12.2. The minimum absolute atomic E-state index is 0.107. The molecule has 2 heterocycles. The van der Waals surface area contributed by atoms with E-state index in [-0.39, 0.29) is 5.91 Å². The Morgan fingerprint density at radius 3 is 2.67 bits per heavy atom. The molecule has 3 aromatic rings. The Kier molecular flexibility index (Phi) is 6.62. The van der Waals surface area contributed by atoms with E-state index < -0.39 is 0 Å². The van der Waals surface area contributed by atoms with Crippen molar-refractivity contribution < 1.29 is 9.53 Å². The smallest absolute Gasteiger partial charge is 0.254 e. The van der Waals surface area contributed by atoms with Crippen LogP contribution in [0.2, 0.25) is 0 Å². The molecule has 1 saturated heterocycles. The van der Waals surface area contributed by atoms with Gasteiger partial charge in [0, 0.05) is 46.3 Å². The Morgan fingerprint density at radius 1 is 1.17 bits per heavy atom. The molecule has 1 aromatic heterocycles. The largest absolute Gasteiger partial charge is 0.379 e. The third kappa shape index (κ3) is 4.80. The van der Waals surface area contributed by atoms with Crippen molar-refractivity contribution in [2.24, 2.45) is 5.10 Å². The molecule has 1 amide bonds. The fourth-order valence-electron chi connectivity index (χ4n) is 3.76. The summed E-state index contributed by atoms with van der Waals surface area (Å²) in [6.07, 6.45) is 1.76. The van der Waals surface area contributed by atoms with Crippen molar-refractivity contribution in [3.05, 3.63) is 69.8 Å². The number of amides is 1. The third-order valence-electron chi connectivity index (χ3n) is 5.39. The number of ether oxygens (including phenoxy) is 1. The Bertz CT molecular complexity index is 1050. The first kappa shape index (κ1) is 20.8. The summed E-state index contributed by atoms with van der Waals surface area (Å²) in [5.41, 5.74) is 7.19. The van der Waals surface area contributed by atoms with Crippen LogP contribution in [0, 0.1) is 6.92 Å². The average molecular weight is 469 g/mol. The molecule has 1 fully saturated rings. The van der Waals surface area contributed by atoms with E-state index in [2.05, 4.69) is 79.2 Å². The average Bonchev–Trinajstić information content (AvgIpc) is 3.02. The van der Waals surface area contributed by atoms with Crippen LogP contribution in [0.25, 0.3) is 10.9 Å². The number of nitrogens with zero attached hydrogens (tertiary/aromatic N) is 3. The molecule has 2 aromatic carbocycles. The fourth-order valence-corrected chi connectivity index (χ4v) is 4.03. The van der Waals surface area contributed by atoms with Gasteiger partial charge >= 0.3 is 0 Å². The second kappa shape index (κ2) is 9.55. The lowest BCUT2D eigenvalue weighted by atomic mass is 10.1. The summed E-state index contributed by atoms with van der Waals surface area (Å²) in [6, 6.07) is 16.7.